The number of anilines is 1. The fraction of sp³-hybridized carbons (Fsp3) is 0.462. The molecule has 132 valence electrons. The Bertz CT molecular complexity index is 751. The zero-order valence-electron chi connectivity index (χ0n) is 13.0. The first-order valence-electron chi connectivity index (χ1n) is 7.10. The SMILES string of the molecule is CC(=O)N1CCO[C@H](CNc2ccc(S(N)(=O)=O)cc2[N+](=O)[O-])C1. The fourth-order valence-electron chi connectivity index (χ4n) is 2.34. The molecule has 0 unspecified atom stereocenters. The zero-order valence-corrected chi connectivity index (χ0v) is 13.8. The van der Waals surface area contributed by atoms with Crippen molar-refractivity contribution in [3.05, 3.63) is 28.3 Å². The Morgan fingerprint density at radius 1 is 1.54 bits per heavy atom. The van der Waals surface area contributed by atoms with Crippen molar-refractivity contribution in [2.24, 2.45) is 5.14 Å². The molecule has 1 heterocycles. The molecular formula is C13H18N4O6S. The monoisotopic (exact) mass is 358 g/mol. The summed E-state index contributed by atoms with van der Waals surface area (Å²) >= 11 is 0. The molecule has 24 heavy (non-hydrogen) atoms. The van der Waals surface area contributed by atoms with E-state index in [-0.39, 0.29) is 29.1 Å². The minimum absolute atomic E-state index is 0.0632. The maximum Gasteiger partial charge on any atom is 0.293 e. The largest absolute Gasteiger partial charge is 0.377 e. The van der Waals surface area contributed by atoms with Crippen molar-refractivity contribution in [3.63, 3.8) is 0 Å². The lowest BCUT2D eigenvalue weighted by atomic mass is 10.2. The van der Waals surface area contributed by atoms with Gasteiger partial charge in [0.05, 0.1) is 22.5 Å². The number of nitro benzene ring substituents is 1. The van der Waals surface area contributed by atoms with Crippen molar-refractivity contribution in [1.29, 1.82) is 0 Å². The van der Waals surface area contributed by atoms with Gasteiger partial charge in [-0.3, -0.25) is 14.9 Å². The van der Waals surface area contributed by atoms with E-state index in [0.717, 1.165) is 6.07 Å². The van der Waals surface area contributed by atoms with E-state index in [4.69, 9.17) is 9.88 Å². The summed E-state index contributed by atoms with van der Waals surface area (Å²) in [4.78, 5) is 23.1. The molecule has 1 aromatic rings. The van der Waals surface area contributed by atoms with E-state index in [1.54, 1.807) is 4.90 Å². The molecule has 0 saturated carbocycles. The van der Waals surface area contributed by atoms with Crippen molar-refractivity contribution >= 4 is 27.3 Å². The lowest BCUT2D eigenvalue weighted by Gasteiger charge is -2.32. The van der Waals surface area contributed by atoms with Gasteiger partial charge in [-0.2, -0.15) is 0 Å². The fourth-order valence-corrected chi connectivity index (χ4v) is 2.88. The standard InChI is InChI=1S/C13H18N4O6S/c1-9(18)16-4-5-23-10(8-16)7-15-12-3-2-11(24(14,21)22)6-13(12)17(19)20/h2-3,6,10,15H,4-5,7-8H2,1H3,(H2,14,21,22)/t10-/m1/s1. The smallest absolute Gasteiger partial charge is 0.293 e. The predicted octanol–water partition coefficient (Wildman–Crippen LogP) is -0.0986. The van der Waals surface area contributed by atoms with Crippen LogP contribution >= 0.6 is 0 Å². The summed E-state index contributed by atoms with van der Waals surface area (Å²) in [6.45, 7) is 2.98. The number of primary sulfonamides is 1. The van der Waals surface area contributed by atoms with Crippen molar-refractivity contribution in [1.82, 2.24) is 4.90 Å². The Labute approximate surface area is 138 Å². The minimum Gasteiger partial charge on any atom is -0.377 e. The molecule has 1 aromatic carbocycles. The van der Waals surface area contributed by atoms with Crippen LogP contribution in [0, 0.1) is 10.1 Å². The highest BCUT2D eigenvalue weighted by atomic mass is 32.2. The third-order valence-electron chi connectivity index (χ3n) is 3.60. The predicted molar refractivity (Wildman–Crippen MR) is 85.0 cm³/mol. The quantitative estimate of drug-likeness (QED) is 0.552. The molecule has 1 fully saturated rings. The summed E-state index contributed by atoms with van der Waals surface area (Å²) in [6, 6.07) is 3.37. The number of hydrogen-bond acceptors (Lipinski definition) is 7. The number of morpholine rings is 1. The van der Waals surface area contributed by atoms with Crippen LogP contribution in [0.15, 0.2) is 23.1 Å². The van der Waals surface area contributed by atoms with Gasteiger partial charge < -0.3 is 15.0 Å². The molecule has 3 N–H and O–H groups in total. The van der Waals surface area contributed by atoms with Crippen LogP contribution in [0.5, 0.6) is 0 Å². The summed E-state index contributed by atoms with van der Waals surface area (Å²) in [5.41, 5.74) is -0.253. The van der Waals surface area contributed by atoms with E-state index in [9.17, 15) is 23.3 Å². The van der Waals surface area contributed by atoms with E-state index < -0.39 is 20.6 Å². The van der Waals surface area contributed by atoms with Crippen molar-refractivity contribution in [2.75, 3.05) is 31.6 Å². The van der Waals surface area contributed by atoms with Gasteiger partial charge in [0.15, 0.2) is 0 Å². The van der Waals surface area contributed by atoms with E-state index >= 15 is 0 Å². The molecule has 0 aliphatic carbocycles. The van der Waals surface area contributed by atoms with E-state index in [1.807, 2.05) is 0 Å². The molecule has 2 rings (SSSR count). The summed E-state index contributed by atoms with van der Waals surface area (Å²) in [5, 5.41) is 19.0. The van der Waals surface area contributed by atoms with Gasteiger partial charge in [0.1, 0.15) is 5.69 Å². The molecule has 10 nitrogen and oxygen atoms in total. The first kappa shape index (κ1) is 18.1. The van der Waals surface area contributed by atoms with Gasteiger partial charge in [-0.25, -0.2) is 13.6 Å². The highest BCUT2D eigenvalue weighted by molar-refractivity contribution is 7.89. The second-order valence-electron chi connectivity index (χ2n) is 5.32. The molecule has 1 aliphatic rings. The highest BCUT2D eigenvalue weighted by Crippen LogP contribution is 2.27. The molecular weight excluding hydrogens is 340 g/mol. The molecule has 0 bridgehead atoms. The van der Waals surface area contributed by atoms with Crippen LogP contribution in [-0.2, 0) is 19.6 Å². The van der Waals surface area contributed by atoms with Gasteiger partial charge in [0.25, 0.3) is 5.69 Å². The van der Waals surface area contributed by atoms with E-state index in [2.05, 4.69) is 5.32 Å². The maximum absolute atomic E-state index is 11.4. The second-order valence-corrected chi connectivity index (χ2v) is 6.88. The first-order chi connectivity index (χ1) is 11.2. The van der Waals surface area contributed by atoms with Gasteiger partial charge in [-0.15, -0.1) is 0 Å². The van der Waals surface area contributed by atoms with Gasteiger partial charge in [0.2, 0.25) is 15.9 Å². The van der Waals surface area contributed by atoms with Crippen LogP contribution in [0.1, 0.15) is 6.92 Å². The molecule has 1 amide bonds. The highest BCUT2D eigenvalue weighted by Gasteiger charge is 2.24. The lowest BCUT2D eigenvalue weighted by molar-refractivity contribution is -0.384. The number of nitrogens with zero attached hydrogens (tertiary/aromatic N) is 2. The maximum atomic E-state index is 11.4. The summed E-state index contributed by atoms with van der Waals surface area (Å²) in [6.07, 6.45) is -0.319. The number of benzene rings is 1. The molecule has 0 aromatic heterocycles. The molecule has 1 atom stereocenters. The zero-order chi connectivity index (χ0) is 17.9. The molecule has 11 heteroatoms. The number of carbonyl (C=O) groups excluding carboxylic acids is 1. The van der Waals surface area contributed by atoms with Gasteiger partial charge in [-0.05, 0) is 12.1 Å². The number of hydrogen-bond donors (Lipinski definition) is 2. The Hall–Kier alpha value is -2.24. The number of sulfonamides is 1. The summed E-state index contributed by atoms with van der Waals surface area (Å²) < 4.78 is 28.1. The number of nitrogens with one attached hydrogen (secondary N) is 1. The molecule has 1 saturated heterocycles. The van der Waals surface area contributed by atoms with Crippen molar-refractivity contribution in [2.45, 2.75) is 17.9 Å². The van der Waals surface area contributed by atoms with Crippen LogP contribution in [0.4, 0.5) is 11.4 Å². The number of amides is 1. The van der Waals surface area contributed by atoms with Gasteiger partial charge in [0, 0.05) is 32.6 Å². The Morgan fingerprint density at radius 2 is 2.25 bits per heavy atom. The number of rotatable bonds is 5. The van der Waals surface area contributed by atoms with Crippen LogP contribution < -0.4 is 10.5 Å². The number of carbonyl (C=O) groups is 1. The second kappa shape index (κ2) is 7.11. The lowest BCUT2D eigenvalue weighted by Crippen LogP contribution is -2.47. The Kier molecular flexibility index (Phi) is 5.36. The number of ether oxygens (including phenoxy) is 1. The van der Waals surface area contributed by atoms with Crippen LogP contribution in [0.2, 0.25) is 0 Å². The normalized spacial score (nSPS) is 18.2. The van der Waals surface area contributed by atoms with Crippen LogP contribution in [0.25, 0.3) is 0 Å². The van der Waals surface area contributed by atoms with E-state index in [0.29, 0.717) is 19.7 Å². The van der Waals surface area contributed by atoms with Crippen LogP contribution in [0.3, 0.4) is 0 Å². The van der Waals surface area contributed by atoms with Gasteiger partial charge in [-0.1, -0.05) is 0 Å². The van der Waals surface area contributed by atoms with Crippen molar-refractivity contribution < 1.29 is 22.9 Å². The van der Waals surface area contributed by atoms with Crippen molar-refractivity contribution in [3.8, 4) is 0 Å². The van der Waals surface area contributed by atoms with Gasteiger partial charge >= 0.3 is 0 Å². The van der Waals surface area contributed by atoms with E-state index in [1.165, 1.54) is 19.1 Å². The van der Waals surface area contributed by atoms with Crippen LogP contribution in [-0.4, -0.2) is 56.5 Å². The summed E-state index contributed by atoms with van der Waals surface area (Å²) in [7, 11) is -4.03. The number of nitrogens with two attached hydrogens (primary N) is 1. The number of nitro groups is 1. The minimum atomic E-state index is -4.03. The molecule has 0 radical (unpaired) electrons. The third-order valence-corrected chi connectivity index (χ3v) is 4.51. The average molecular weight is 358 g/mol. The first-order valence-corrected chi connectivity index (χ1v) is 8.65. The third kappa shape index (κ3) is 4.40. The molecule has 1 aliphatic heterocycles. The average Bonchev–Trinajstić information content (AvgIpc) is 2.52. The summed E-state index contributed by atoms with van der Waals surface area (Å²) in [5.74, 6) is -0.0632. The molecule has 0 spiro atoms. The Balaban J connectivity index is 2.12. The Morgan fingerprint density at radius 3 is 2.83 bits per heavy atom. The topological polar surface area (TPSA) is 145 Å².